The fourth-order valence-electron chi connectivity index (χ4n) is 7.81. The Balaban J connectivity index is 1.31. The predicted molar refractivity (Wildman–Crippen MR) is 143 cm³/mol. The Bertz CT molecular complexity index is 1220. The van der Waals surface area contributed by atoms with E-state index in [2.05, 4.69) is 22.7 Å². The number of nitrogens with zero attached hydrogens (tertiary/aromatic N) is 3. The Morgan fingerprint density at radius 2 is 1.87 bits per heavy atom. The van der Waals surface area contributed by atoms with Gasteiger partial charge in [-0.05, 0) is 61.5 Å². The Morgan fingerprint density at radius 1 is 1.10 bits per heavy atom. The molecule has 39 heavy (non-hydrogen) atoms. The maximum atomic E-state index is 14.3. The van der Waals surface area contributed by atoms with Crippen molar-refractivity contribution in [1.82, 2.24) is 24.7 Å². The van der Waals surface area contributed by atoms with Gasteiger partial charge in [0.15, 0.2) is 0 Å². The third kappa shape index (κ3) is 5.42. The Labute approximate surface area is 228 Å². The van der Waals surface area contributed by atoms with Gasteiger partial charge in [-0.15, -0.1) is 0 Å². The second-order valence-electron chi connectivity index (χ2n) is 12.6. The number of nitrogens with one attached hydrogen (secondary N) is 2. The van der Waals surface area contributed by atoms with E-state index in [0.717, 1.165) is 32.2 Å². The molecule has 4 fully saturated rings. The van der Waals surface area contributed by atoms with Gasteiger partial charge in [0.25, 0.3) is 0 Å². The lowest BCUT2D eigenvalue weighted by molar-refractivity contribution is -0.136. The molecule has 10 heteroatoms. The fourth-order valence-corrected chi connectivity index (χ4v) is 7.81. The van der Waals surface area contributed by atoms with Crippen LogP contribution >= 0.6 is 0 Å². The quantitative estimate of drug-likeness (QED) is 0.552. The van der Waals surface area contributed by atoms with E-state index in [1.54, 1.807) is 10.8 Å². The van der Waals surface area contributed by atoms with Gasteiger partial charge in [0, 0.05) is 50.7 Å². The van der Waals surface area contributed by atoms with Gasteiger partial charge in [-0.1, -0.05) is 32.6 Å². The molecule has 7 nitrogen and oxygen atoms in total. The molecule has 2 aromatic rings. The van der Waals surface area contributed by atoms with Gasteiger partial charge in [0.2, 0.25) is 0 Å². The van der Waals surface area contributed by atoms with Crippen LogP contribution in [0.25, 0.3) is 5.52 Å². The molecule has 0 aromatic carbocycles. The van der Waals surface area contributed by atoms with Crippen molar-refractivity contribution in [3.8, 4) is 0 Å². The summed E-state index contributed by atoms with van der Waals surface area (Å²) in [5, 5.41) is 0. The molecule has 216 valence electrons. The molecule has 2 aliphatic carbocycles. The number of pyridine rings is 1. The van der Waals surface area contributed by atoms with E-state index in [1.165, 1.54) is 35.9 Å². The number of aromatic nitrogens is 2. The molecule has 6 atom stereocenters. The van der Waals surface area contributed by atoms with Crippen LogP contribution in [0.5, 0.6) is 0 Å². The molecule has 0 radical (unpaired) electrons. The van der Waals surface area contributed by atoms with Crippen molar-refractivity contribution < 1.29 is 17.9 Å². The Hall–Kier alpha value is -1.88. The summed E-state index contributed by atoms with van der Waals surface area (Å²) >= 11 is 0. The average Bonchev–Trinajstić information content (AvgIpc) is 3.43. The van der Waals surface area contributed by atoms with Crippen LogP contribution in [0.1, 0.15) is 76.0 Å². The number of halogens is 3. The smallest absolute Gasteiger partial charge is 0.376 e. The lowest BCUT2D eigenvalue weighted by Gasteiger charge is -2.45. The van der Waals surface area contributed by atoms with Crippen molar-refractivity contribution in [2.45, 2.75) is 89.7 Å². The molecule has 2 aromatic heterocycles. The van der Waals surface area contributed by atoms with Crippen molar-refractivity contribution in [2.75, 3.05) is 26.2 Å². The lowest BCUT2D eigenvalue weighted by atomic mass is 9.62. The van der Waals surface area contributed by atoms with E-state index in [0.29, 0.717) is 61.5 Å². The highest BCUT2D eigenvalue weighted by atomic mass is 19.4. The number of ether oxygens (including phenoxy) is 1. The molecule has 0 amide bonds. The maximum Gasteiger partial charge on any atom is 0.418 e. The maximum absolute atomic E-state index is 14.3. The Kier molecular flexibility index (Phi) is 7.58. The molecule has 0 bridgehead atoms. The number of rotatable bonds is 6. The number of hydrazine groups is 1. The first-order valence-corrected chi connectivity index (χ1v) is 14.8. The standard InChI is InChI=1S/C29H42F3N5O2/c1-18-13-33-34-27(18)26(21-5-3-6-21)22-7-4-8-23(12-22)36-17-25-24(29(30,31)32)11-20(16-37(25)28(36)38)15-35-9-10-39-19(2)14-35/h11,16-19,21-23,26-27,33-34H,3-10,12-15H2,1-2H3/t18?,19-,22?,23?,26-,27?/m1/s1. The van der Waals surface area contributed by atoms with E-state index >= 15 is 0 Å². The van der Waals surface area contributed by atoms with Crippen LogP contribution in [0, 0.1) is 23.7 Å². The minimum Gasteiger partial charge on any atom is -0.376 e. The van der Waals surface area contributed by atoms with Crippen molar-refractivity contribution in [1.29, 1.82) is 0 Å². The third-order valence-electron chi connectivity index (χ3n) is 9.92. The molecular formula is C29H42F3N5O2. The van der Waals surface area contributed by atoms with E-state index in [4.69, 9.17) is 4.74 Å². The van der Waals surface area contributed by atoms with Crippen LogP contribution in [0.4, 0.5) is 13.2 Å². The van der Waals surface area contributed by atoms with Crippen LogP contribution in [0.15, 0.2) is 23.3 Å². The summed E-state index contributed by atoms with van der Waals surface area (Å²) in [6.45, 7) is 7.46. The molecule has 4 aliphatic rings. The summed E-state index contributed by atoms with van der Waals surface area (Å²) in [6, 6.07) is 1.56. The molecule has 6 rings (SSSR count). The average molecular weight is 550 g/mol. The van der Waals surface area contributed by atoms with Gasteiger partial charge in [-0.3, -0.25) is 24.7 Å². The predicted octanol–water partition coefficient (Wildman–Crippen LogP) is 4.60. The first-order chi connectivity index (χ1) is 18.7. The zero-order valence-corrected chi connectivity index (χ0v) is 23.1. The largest absolute Gasteiger partial charge is 0.418 e. The molecule has 2 saturated carbocycles. The molecule has 2 aliphatic heterocycles. The van der Waals surface area contributed by atoms with Gasteiger partial charge in [-0.2, -0.15) is 13.2 Å². The first kappa shape index (κ1) is 27.3. The van der Waals surface area contributed by atoms with E-state index in [1.807, 2.05) is 6.92 Å². The highest BCUT2D eigenvalue weighted by molar-refractivity contribution is 5.56. The first-order valence-electron chi connectivity index (χ1n) is 14.8. The monoisotopic (exact) mass is 549 g/mol. The minimum absolute atomic E-state index is 0.0367. The van der Waals surface area contributed by atoms with Gasteiger partial charge in [-0.25, -0.2) is 4.79 Å². The highest BCUT2D eigenvalue weighted by Crippen LogP contribution is 2.47. The lowest BCUT2D eigenvalue weighted by Crippen LogP contribution is -2.47. The number of hydrogen-bond acceptors (Lipinski definition) is 5. The zero-order chi connectivity index (χ0) is 27.3. The summed E-state index contributed by atoms with van der Waals surface area (Å²) in [4.78, 5) is 15.8. The molecule has 2 saturated heterocycles. The zero-order valence-electron chi connectivity index (χ0n) is 23.1. The normalized spacial score (nSPS) is 32.0. The second-order valence-corrected chi connectivity index (χ2v) is 12.6. The van der Waals surface area contributed by atoms with Crippen LogP contribution in [-0.2, 0) is 17.5 Å². The van der Waals surface area contributed by atoms with Crippen LogP contribution in [0.3, 0.4) is 0 Å². The molecule has 2 N–H and O–H groups in total. The summed E-state index contributed by atoms with van der Waals surface area (Å²) in [7, 11) is 0. The summed E-state index contributed by atoms with van der Waals surface area (Å²) < 4.78 is 51.2. The summed E-state index contributed by atoms with van der Waals surface area (Å²) in [5.41, 5.74) is 6.27. The van der Waals surface area contributed by atoms with Gasteiger partial charge in [0.1, 0.15) is 0 Å². The SMILES string of the molecule is CC1CNNC1[C@H](C1CCC1)C1CCCC(n2cc3c(C(F)(F)F)cc(CN4CCO[C@H](C)C4)cn3c2=O)C1. The van der Waals surface area contributed by atoms with Crippen LogP contribution in [-0.4, -0.2) is 52.3 Å². The molecule has 0 spiro atoms. The van der Waals surface area contributed by atoms with Crippen molar-refractivity contribution in [3.05, 3.63) is 40.1 Å². The third-order valence-corrected chi connectivity index (χ3v) is 9.92. The van der Waals surface area contributed by atoms with Crippen LogP contribution in [0.2, 0.25) is 0 Å². The minimum atomic E-state index is -4.54. The van der Waals surface area contributed by atoms with Crippen LogP contribution < -0.4 is 16.5 Å². The van der Waals surface area contributed by atoms with Gasteiger partial charge in [0.05, 0.1) is 23.8 Å². The van der Waals surface area contributed by atoms with Crippen molar-refractivity contribution in [3.63, 3.8) is 0 Å². The van der Waals surface area contributed by atoms with E-state index in [-0.39, 0.29) is 23.4 Å². The van der Waals surface area contributed by atoms with Gasteiger partial charge < -0.3 is 4.74 Å². The molecule has 4 unspecified atom stereocenters. The fraction of sp³-hybridized carbons (Fsp3) is 0.759. The van der Waals surface area contributed by atoms with Crippen molar-refractivity contribution >= 4 is 5.52 Å². The number of imidazole rings is 1. The number of hydrogen-bond donors (Lipinski definition) is 2. The number of fused-ring (bicyclic) bond motifs is 1. The highest BCUT2D eigenvalue weighted by Gasteiger charge is 2.44. The van der Waals surface area contributed by atoms with E-state index in [9.17, 15) is 18.0 Å². The summed E-state index contributed by atoms with van der Waals surface area (Å²) in [5.74, 6) is 2.23. The van der Waals surface area contributed by atoms with Crippen molar-refractivity contribution in [2.24, 2.45) is 23.7 Å². The number of alkyl halides is 3. The number of morpholine rings is 1. The van der Waals surface area contributed by atoms with Gasteiger partial charge >= 0.3 is 11.9 Å². The summed E-state index contributed by atoms with van der Waals surface area (Å²) in [6.07, 6.45) is 6.19. The second kappa shape index (κ2) is 10.8. The molecule has 4 heterocycles. The topological polar surface area (TPSA) is 62.9 Å². The molecular weight excluding hydrogens is 507 g/mol. The van der Waals surface area contributed by atoms with E-state index < -0.39 is 11.7 Å². The Morgan fingerprint density at radius 3 is 2.54 bits per heavy atom.